The van der Waals surface area contributed by atoms with Crippen LogP contribution in [0.2, 0.25) is 0 Å². The first kappa shape index (κ1) is 40.6. The van der Waals surface area contributed by atoms with Crippen LogP contribution in [0.3, 0.4) is 0 Å². The fourth-order valence-electron chi connectivity index (χ4n) is 8.39. The third-order valence-electron chi connectivity index (χ3n) is 11.8. The van der Waals surface area contributed by atoms with Gasteiger partial charge in [0.25, 0.3) is 0 Å². The van der Waals surface area contributed by atoms with Crippen molar-refractivity contribution in [2.45, 2.75) is 77.7 Å². The number of imidazole rings is 2. The molecule has 4 N–H and O–H groups in total. The highest BCUT2D eigenvalue weighted by molar-refractivity contribution is 5.87. The number of β-amino-alcohol motifs (C(OH)–C–C–N with tert-alkyl or cyclic N) is 2. The second-order valence-corrected chi connectivity index (χ2v) is 16.3. The highest BCUT2D eigenvalue weighted by Crippen LogP contribution is 2.38. The third kappa shape index (κ3) is 8.21. The predicted octanol–water partition coefficient (Wildman–Crippen LogP) is 5.71. The van der Waals surface area contributed by atoms with Gasteiger partial charge in [-0.15, -0.1) is 0 Å². The van der Waals surface area contributed by atoms with Crippen molar-refractivity contribution in [3.63, 3.8) is 0 Å². The molecule has 0 saturated carbocycles. The van der Waals surface area contributed by atoms with Gasteiger partial charge in [0.2, 0.25) is 11.8 Å². The first-order valence-electron chi connectivity index (χ1n) is 19.9. The van der Waals surface area contributed by atoms with E-state index in [0.717, 1.165) is 44.3 Å². The van der Waals surface area contributed by atoms with E-state index in [4.69, 9.17) is 19.4 Å². The van der Waals surface area contributed by atoms with Gasteiger partial charge in [-0.25, -0.2) is 9.97 Å². The summed E-state index contributed by atoms with van der Waals surface area (Å²) in [5.41, 5.74) is 7.04. The van der Waals surface area contributed by atoms with Crippen molar-refractivity contribution in [1.29, 1.82) is 0 Å². The number of esters is 2. The number of aliphatic hydroxyl groups excluding tert-OH is 2. The molecule has 2 saturated heterocycles. The van der Waals surface area contributed by atoms with Crippen LogP contribution in [-0.2, 0) is 28.7 Å². The summed E-state index contributed by atoms with van der Waals surface area (Å²) in [6.45, 7) is 7.94. The maximum absolute atomic E-state index is 13.7. The molecule has 2 amide bonds. The number of rotatable bonds is 12. The van der Waals surface area contributed by atoms with Gasteiger partial charge in [0.15, 0.2) is 0 Å². The van der Waals surface area contributed by atoms with E-state index in [0.29, 0.717) is 24.5 Å². The van der Waals surface area contributed by atoms with Gasteiger partial charge in [0, 0.05) is 25.9 Å². The molecule has 58 heavy (non-hydrogen) atoms. The van der Waals surface area contributed by atoms with E-state index < -0.39 is 48.1 Å². The van der Waals surface area contributed by atoms with Crippen LogP contribution in [0.1, 0.15) is 77.1 Å². The Hall–Kier alpha value is -5.60. The zero-order valence-electron chi connectivity index (χ0n) is 33.8. The number of benzene rings is 3. The number of carbonyl (C=O) groups excluding carboxylic acids is 4. The largest absolute Gasteiger partial charge is 0.469 e. The summed E-state index contributed by atoms with van der Waals surface area (Å²) >= 11 is 0. The van der Waals surface area contributed by atoms with E-state index in [1.807, 2.05) is 64.1 Å². The summed E-state index contributed by atoms with van der Waals surface area (Å²) in [4.78, 5) is 71.4. The molecule has 4 heterocycles. The molecule has 3 aromatic carbocycles. The Balaban J connectivity index is 1.08. The molecule has 0 aliphatic carbocycles. The van der Waals surface area contributed by atoms with Crippen LogP contribution in [0.25, 0.3) is 44.3 Å². The van der Waals surface area contributed by atoms with Crippen molar-refractivity contribution in [2.24, 2.45) is 23.7 Å². The second-order valence-electron chi connectivity index (χ2n) is 16.3. The number of H-pyrrole nitrogens is 2. The van der Waals surface area contributed by atoms with Crippen LogP contribution < -0.4 is 0 Å². The molecule has 2 fully saturated rings. The van der Waals surface area contributed by atoms with Crippen molar-refractivity contribution in [3.8, 4) is 22.3 Å². The van der Waals surface area contributed by atoms with Gasteiger partial charge in [-0.3, -0.25) is 19.2 Å². The molecule has 2 aliphatic heterocycles. The van der Waals surface area contributed by atoms with Crippen LogP contribution in [0.15, 0.2) is 60.7 Å². The zero-order chi connectivity index (χ0) is 41.4. The van der Waals surface area contributed by atoms with Crippen LogP contribution in [0, 0.1) is 23.7 Å². The number of fused-ring (bicyclic) bond motifs is 2. The molecular weight excluding hydrogens is 741 g/mol. The van der Waals surface area contributed by atoms with Gasteiger partial charge in [-0.2, -0.15) is 0 Å². The molecule has 1 unspecified atom stereocenters. The third-order valence-corrected chi connectivity index (χ3v) is 11.8. The lowest BCUT2D eigenvalue weighted by Crippen LogP contribution is -2.39. The monoisotopic (exact) mass is 792 g/mol. The first-order valence-corrected chi connectivity index (χ1v) is 19.9. The number of aromatic amines is 2. The van der Waals surface area contributed by atoms with Crippen LogP contribution in [0.4, 0.5) is 0 Å². The molecular formula is C44H52N6O8. The standard InChI is InChI=1S/C44H52N6O8/c1-23(2)31(19-39(53)57-5)43(55)49-21-29(51)17-37(49)41-45-33-13-11-27(15-35(33)47-41)25-7-9-26(10-8-25)28-12-14-34-36(16-28)48-42(46-34)38-18-30(52)22-50(38)44(56)32(24(3)4)20-40(54)58-6/h7-16,23-24,29-32,37-38,51-52H,17-22H2,1-6H3,(H,45,47)(H,46,48)/t29-,30-,31+,32+,37+,38?/m1/s1. The molecule has 6 atom stereocenters. The SMILES string of the molecule is COC(=O)C[C@H](C(=O)N1C[C@H](O)CC1c1nc2ccc(-c3ccc(-c4ccc5nc([C@@H]6C[C@@H](O)CN6C(=O)[C@@H](CC(=O)OC)C(C)C)[nH]c5c4)cc3)cc2[nH]1)C(C)C. The molecule has 7 rings (SSSR count). The summed E-state index contributed by atoms with van der Waals surface area (Å²) in [5, 5.41) is 21.3. The predicted molar refractivity (Wildman–Crippen MR) is 217 cm³/mol. The maximum atomic E-state index is 13.7. The molecule has 14 nitrogen and oxygen atoms in total. The number of nitrogens with one attached hydrogen (secondary N) is 2. The van der Waals surface area contributed by atoms with Crippen LogP contribution >= 0.6 is 0 Å². The molecule has 2 aromatic heterocycles. The minimum absolute atomic E-state index is 0.0254. The lowest BCUT2D eigenvalue weighted by atomic mass is 9.91. The number of aliphatic hydroxyl groups is 2. The summed E-state index contributed by atoms with van der Waals surface area (Å²) in [7, 11) is 2.62. The number of carbonyl (C=O) groups is 4. The van der Waals surface area contributed by atoms with Gasteiger partial charge in [0.1, 0.15) is 11.6 Å². The minimum Gasteiger partial charge on any atom is -0.469 e. The number of likely N-dealkylation sites (tertiary alicyclic amines) is 2. The van der Waals surface area contributed by atoms with E-state index in [-0.39, 0.29) is 49.6 Å². The van der Waals surface area contributed by atoms with Crippen molar-refractivity contribution in [2.75, 3.05) is 27.3 Å². The molecule has 14 heteroatoms. The summed E-state index contributed by atoms with van der Waals surface area (Å²) in [6.07, 6.45) is -0.779. The van der Waals surface area contributed by atoms with Gasteiger partial charge in [0.05, 0.1) is 85.3 Å². The summed E-state index contributed by atoms with van der Waals surface area (Å²) in [6, 6.07) is 19.2. The Labute approximate surface area is 336 Å². The van der Waals surface area contributed by atoms with Crippen molar-refractivity contribution in [3.05, 3.63) is 72.3 Å². The minimum atomic E-state index is -0.705. The van der Waals surface area contributed by atoms with Crippen LogP contribution in [0.5, 0.6) is 0 Å². The van der Waals surface area contributed by atoms with E-state index in [2.05, 4.69) is 34.2 Å². The van der Waals surface area contributed by atoms with Gasteiger partial charge in [-0.05, 0) is 58.4 Å². The van der Waals surface area contributed by atoms with Crippen molar-refractivity contribution >= 4 is 45.8 Å². The van der Waals surface area contributed by atoms with Crippen molar-refractivity contribution in [1.82, 2.24) is 29.7 Å². The number of amides is 2. The number of methoxy groups -OCH3 is 2. The Kier molecular flexibility index (Phi) is 11.7. The summed E-state index contributed by atoms with van der Waals surface area (Å²) < 4.78 is 9.70. The number of nitrogens with zero attached hydrogens (tertiary/aromatic N) is 4. The van der Waals surface area contributed by atoms with Crippen molar-refractivity contribution < 1.29 is 38.9 Å². The molecule has 5 aromatic rings. The van der Waals surface area contributed by atoms with Gasteiger partial charge >= 0.3 is 11.9 Å². The number of ether oxygens (including phenoxy) is 2. The maximum Gasteiger partial charge on any atom is 0.306 e. The van der Waals surface area contributed by atoms with Gasteiger partial charge in [-0.1, -0.05) is 64.1 Å². The van der Waals surface area contributed by atoms with E-state index >= 15 is 0 Å². The average Bonchev–Trinajstić information content (AvgIpc) is 4.01. The highest BCUT2D eigenvalue weighted by atomic mass is 16.5. The average molecular weight is 793 g/mol. The quantitative estimate of drug-likeness (QED) is 0.114. The Morgan fingerprint density at radius 2 is 1.00 bits per heavy atom. The number of hydrogen-bond donors (Lipinski definition) is 4. The molecule has 2 aliphatic rings. The lowest BCUT2D eigenvalue weighted by molar-refractivity contribution is -0.148. The second kappa shape index (κ2) is 16.7. The van der Waals surface area contributed by atoms with Gasteiger partial charge < -0.3 is 39.5 Å². The fourth-order valence-corrected chi connectivity index (χ4v) is 8.39. The molecule has 0 spiro atoms. The number of aromatic nitrogens is 4. The molecule has 306 valence electrons. The fraction of sp³-hybridized carbons (Fsp3) is 0.455. The smallest absolute Gasteiger partial charge is 0.306 e. The normalized spacial score (nSPS) is 20.7. The molecule has 0 radical (unpaired) electrons. The van der Waals surface area contributed by atoms with E-state index in [9.17, 15) is 29.4 Å². The Morgan fingerprint density at radius 3 is 1.34 bits per heavy atom. The van der Waals surface area contributed by atoms with Crippen LogP contribution in [-0.4, -0.2) is 103 Å². The Morgan fingerprint density at radius 1 is 0.638 bits per heavy atom. The lowest BCUT2D eigenvalue weighted by Gasteiger charge is -2.29. The molecule has 0 bridgehead atoms. The van der Waals surface area contributed by atoms with E-state index in [1.54, 1.807) is 9.80 Å². The topological polar surface area (TPSA) is 191 Å². The highest BCUT2D eigenvalue weighted by Gasteiger charge is 2.42. The zero-order valence-corrected chi connectivity index (χ0v) is 33.8. The van der Waals surface area contributed by atoms with E-state index in [1.165, 1.54) is 14.2 Å². The summed E-state index contributed by atoms with van der Waals surface area (Å²) in [5.74, 6) is -1.44. The first-order chi connectivity index (χ1) is 27.7. The Bertz CT molecular complexity index is 2150. The number of hydrogen-bond acceptors (Lipinski definition) is 10.